The summed E-state index contributed by atoms with van der Waals surface area (Å²) in [6, 6.07) is 15.9. The van der Waals surface area contributed by atoms with Crippen LogP contribution in [-0.4, -0.2) is 10.9 Å². The second-order valence-corrected chi connectivity index (χ2v) is 5.69. The van der Waals surface area contributed by atoms with Crippen LogP contribution in [0.3, 0.4) is 0 Å². The summed E-state index contributed by atoms with van der Waals surface area (Å²) in [5, 5.41) is 2.63. The quantitative estimate of drug-likeness (QED) is 0.719. The molecule has 3 rings (SSSR count). The Morgan fingerprint density at radius 2 is 1.50 bits per heavy atom. The summed E-state index contributed by atoms with van der Waals surface area (Å²) in [5.74, 6) is -0.502. The van der Waals surface area contributed by atoms with Gasteiger partial charge in [-0.3, -0.25) is 9.78 Å². The molecule has 132 valence electrons. The molecule has 0 aliphatic heterocycles. The number of alkyl halides is 3. The van der Waals surface area contributed by atoms with Gasteiger partial charge < -0.3 is 5.32 Å². The number of anilines is 1. The lowest BCUT2D eigenvalue weighted by Crippen LogP contribution is -2.17. The van der Waals surface area contributed by atoms with Crippen LogP contribution < -0.4 is 5.32 Å². The molecule has 0 aliphatic carbocycles. The predicted molar refractivity (Wildman–Crippen MR) is 93.5 cm³/mol. The van der Waals surface area contributed by atoms with Crippen molar-refractivity contribution < 1.29 is 18.0 Å². The number of halogens is 3. The summed E-state index contributed by atoms with van der Waals surface area (Å²) in [4.78, 5) is 16.1. The van der Waals surface area contributed by atoms with Crippen molar-refractivity contribution >= 4 is 11.6 Å². The lowest BCUT2D eigenvalue weighted by Gasteiger charge is -2.12. The number of nitrogens with zero attached hydrogens (tertiary/aromatic N) is 1. The van der Waals surface area contributed by atoms with Crippen molar-refractivity contribution in [2.24, 2.45) is 0 Å². The van der Waals surface area contributed by atoms with Gasteiger partial charge in [0.15, 0.2) is 0 Å². The molecule has 1 heterocycles. The summed E-state index contributed by atoms with van der Waals surface area (Å²) in [6.07, 6.45) is -1.46. The maximum absolute atomic E-state index is 13.0. The van der Waals surface area contributed by atoms with E-state index in [0.29, 0.717) is 5.69 Å². The first-order valence-corrected chi connectivity index (χ1v) is 7.89. The van der Waals surface area contributed by atoms with Gasteiger partial charge in [0.25, 0.3) is 0 Å². The number of nitrogens with one attached hydrogen (secondary N) is 1. The van der Waals surface area contributed by atoms with Crippen molar-refractivity contribution in [3.05, 3.63) is 84.2 Å². The third-order valence-corrected chi connectivity index (χ3v) is 3.86. The van der Waals surface area contributed by atoms with Gasteiger partial charge in [-0.15, -0.1) is 0 Å². The standard InChI is InChI=1S/C20H15F3N2O/c21-20(22,23)18-4-2-1-3-16(18)13-19(26)25-17-7-5-14(6-8-17)15-9-11-24-12-10-15/h1-12H,13H2,(H,25,26). The number of carbonyl (C=O) groups is 1. The number of amides is 1. The molecule has 0 saturated heterocycles. The normalized spacial score (nSPS) is 11.2. The minimum absolute atomic E-state index is 0.0501. The highest BCUT2D eigenvalue weighted by molar-refractivity contribution is 5.92. The largest absolute Gasteiger partial charge is 0.416 e. The summed E-state index contributed by atoms with van der Waals surface area (Å²) in [5.41, 5.74) is 1.62. The van der Waals surface area contributed by atoms with Crippen LogP contribution in [0.4, 0.5) is 18.9 Å². The van der Waals surface area contributed by atoms with E-state index in [2.05, 4.69) is 10.3 Å². The molecule has 1 aromatic heterocycles. The van der Waals surface area contributed by atoms with E-state index in [4.69, 9.17) is 0 Å². The van der Waals surface area contributed by atoms with Gasteiger partial charge in [-0.2, -0.15) is 13.2 Å². The van der Waals surface area contributed by atoms with Crippen LogP contribution in [0.15, 0.2) is 73.1 Å². The summed E-state index contributed by atoms with van der Waals surface area (Å²) in [6.45, 7) is 0. The monoisotopic (exact) mass is 356 g/mol. The number of aromatic nitrogens is 1. The van der Waals surface area contributed by atoms with Gasteiger partial charge in [0.2, 0.25) is 5.91 Å². The van der Waals surface area contributed by atoms with Crippen LogP contribution in [0.2, 0.25) is 0 Å². The van der Waals surface area contributed by atoms with Gasteiger partial charge in [-0.05, 0) is 47.0 Å². The third kappa shape index (κ3) is 4.27. The smallest absolute Gasteiger partial charge is 0.326 e. The molecule has 3 nitrogen and oxygen atoms in total. The Morgan fingerprint density at radius 3 is 2.15 bits per heavy atom. The summed E-state index contributed by atoms with van der Waals surface area (Å²) < 4.78 is 39.0. The molecule has 26 heavy (non-hydrogen) atoms. The highest BCUT2D eigenvalue weighted by Crippen LogP contribution is 2.32. The molecule has 0 unspecified atom stereocenters. The fraction of sp³-hybridized carbons (Fsp3) is 0.100. The molecule has 1 N–H and O–H groups in total. The first-order valence-electron chi connectivity index (χ1n) is 7.89. The topological polar surface area (TPSA) is 42.0 Å². The van der Waals surface area contributed by atoms with E-state index < -0.39 is 17.6 Å². The first-order chi connectivity index (χ1) is 12.4. The van der Waals surface area contributed by atoms with Gasteiger partial charge in [-0.25, -0.2) is 0 Å². The number of pyridine rings is 1. The van der Waals surface area contributed by atoms with E-state index in [1.165, 1.54) is 18.2 Å². The molecular formula is C20H15F3N2O. The first kappa shape index (κ1) is 17.7. The molecule has 0 fully saturated rings. The van der Waals surface area contributed by atoms with E-state index in [0.717, 1.165) is 17.2 Å². The van der Waals surface area contributed by atoms with Gasteiger partial charge in [-0.1, -0.05) is 30.3 Å². The van der Waals surface area contributed by atoms with Crippen LogP contribution in [-0.2, 0) is 17.4 Å². The van der Waals surface area contributed by atoms with Crippen LogP contribution in [0.1, 0.15) is 11.1 Å². The van der Waals surface area contributed by atoms with Crippen molar-refractivity contribution in [1.29, 1.82) is 0 Å². The Labute approximate surface area is 148 Å². The van der Waals surface area contributed by atoms with Crippen LogP contribution >= 0.6 is 0 Å². The molecule has 2 aromatic carbocycles. The van der Waals surface area contributed by atoms with Gasteiger partial charge in [0.1, 0.15) is 0 Å². The minimum atomic E-state index is -4.48. The van der Waals surface area contributed by atoms with Crippen molar-refractivity contribution in [3.63, 3.8) is 0 Å². The average Bonchev–Trinajstić information content (AvgIpc) is 2.62. The fourth-order valence-corrected chi connectivity index (χ4v) is 2.62. The molecule has 0 radical (unpaired) electrons. The Hall–Kier alpha value is -3.15. The number of benzene rings is 2. The molecule has 1 amide bonds. The van der Waals surface area contributed by atoms with E-state index in [1.54, 1.807) is 24.5 Å². The maximum atomic E-state index is 13.0. The highest BCUT2D eigenvalue weighted by Gasteiger charge is 2.33. The molecule has 0 atom stereocenters. The molecule has 6 heteroatoms. The zero-order valence-electron chi connectivity index (χ0n) is 13.6. The Bertz CT molecular complexity index is 891. The predicted octanol–water partition coefficient (Wildman–Crippen LogP) is 4.95. The van der Waals surface area contributed by atoms with Crippen molar-refractivity contribution in [3.8, 4) is 11.1 Å². The lowest BCUT2D eigenvalue weighted by atomic mass is 10.0. The maximum Gasteiger partial charge on any atom is 0.416 e. The average molecular weight is 356 g/mol. The second kappa shape index (κ2) is 7.39. The molecule has 0 spiro atoms. The Morgan fingerprint density at radius 1 is 0.885 bits per heavy atom. The van der Waals surface area contributed by atoms with Crippen LogP contribution in [0.5, 0.6) is 0 Å². The van der Waals surface area contributed by atoms with Crippen molar-refractivity contribution in [2.75, 3.05) is 5.32 Å². The molecule has 0 aliphatic rings. The molecular weight excluding hydrogens is 341 g/mol. The zero-order valence-corrected chi connectivity index (χ0v) is 13.6. The molecule has 0 bridgehead atoms. The number of hydrogen-bond donors (Lipinski definition) is 1. The second-order valence-electron chi connectivity index (χ2n) is 5.69. The van der Waals surface area contributed by atoms with Gasteiger partial charge in [0.05, 0.1) is 12.0 Å². The van der Waals surface area contributed by atoms with Gasteiger partial charge >= 0.3 is 6.18 Å². The van der Waals surface area contributed by atoms with E-state index >= 15 is 0 Å². The van der Waals surface area contributed by atoms with Crippen molar-refractivity contribution in [1.82, 2.24) is 4.98 Å². The van der Waals surface area contributed by atoms with Gasteiger partial charge in [0, 0.05) is 18.1 Å². The number of hydrogen-bond acceptors (Lipinski definition) is 2. The SMILES string of the molecule is O=C(Cc1ccccc1C(F)(F)F)Nc1ccc(-c2ccncc2)cc1. The lowest BCUT2D eigenvalue weighted by molar-refractivity contribution is -0.138. The minimum Gasteiger partial charge on any atom is -0.326 e. The molecule has 3 aromatic rings. The zero-order chi connectivity index (χ0) is 18.6. The Kier molecular flexibility index (Phi) is 5.02. The van der Waals surface area contributed by atoms with E-state index in [1.807, 2.05) is 24.3 Å². The van der Waals surface area contributed by atoms with Crippen LogP contribution in [0.25, 0.3) is 11.1 Å². The van der Waals surface area contributed by atoms with E-state index in [-0.39, 0.29) is 12.0 Å². The number of rotatable bonds is 4. The van der Waals surface area contributed by atoms with Crippen LogP contribution in [0, 0.1) is 0 Å². The number of carbonyl (C=O) groups excluding carboxylic acids is 1. The molecule has 0 saturated carbocycles. The van der Waals surface area contributed by atoms with Crippen molar-refractivity contribution in [2.45, 2.75) is 12.6 Å². The van der Waals surface area contributed by atoms with E-state index in [9.17, 15) is 18.0 Å². The third-order valence-electron chi connectivity index (χ3n) is 3.86. The highest BCUT2D eigenvalue weighted by atomic mass is 19.4. The fourth-order valence-electron chi connectivity index (χ4n) is 2.62. The Balaban J connectivity index is 1.70. The summed E-state index contributed by atoms with van der Waals surface area (Å²) in [7, 11) is 0. The summed E-state index contributed by atoms with van der Waals surface area (Å²) >= 11 is 0.